The summed E-state index contributed by atoms with van der Waals surface area (Å²) in [5.74, 6) is 0.630. The van der Waals surface area contributed by atoms with Gasteiger partial charge in [0.05, 0.1) is 12.2 Å². The Balaban J connectivity index is 1.48. The number of nitrogens with zero attached hydrogens (tertiary/aromatic N) is 1. The van der Waals surface area contributed by atoms with Gasteiger partial charge in [-0.05, 0) is 30.7 Å². The van der Waals surface area contributed by atoms with Crippen LogP contribution in [0.25, 0.3) is 0 Å². The highest BCUT2D eigenvalue weighted by Crippen LogP contribution is 2.32. The molecule has 0 saturated carbocycles. The summed E-state index contributed by atoms with van der Waals surface area (Å²) in [6.07, 6.45) is -4.34. The predicted molar refractivity (Wildman–Crippen MR) is 86.9 cm³/mol. The molecule has 5 heteroatoms. The van der Waals surface area contributed by atoms with E-state index in [-0.39, 0.29) is 5.75 Å². The van der Waals surface area contributed by atoms with Crippen LogP contribution in [0, 0.1) is 5.92 Å². The number of ether oxygens (including phenoxy) is 1. The fourth-order valence-electron chi connectivity index (χ4n) is 2.95. The fourth-order valence-corrected chi connectivity index (χ4v) is 2.95. The van der Waals surface area contributed by atoms with Crippen LogP contribution < -0.4 is 4.74 Å². The summed E-state index contributed by atoms with van der Waals surface area (Å²) in [6, 6.07) is 15.7. The average molecular weight is 335 g/mol. The zero-order valence-electron chi connectivity index (χ0n) is 13.5. The van der Waals surface area contributed by atoms with Crippen LogP contribution in [-0.2, 0) is 6.18 Å². The lowest BCUT2D eigenvalue weighted by molar-refractivity contribution is -0.137. The first-order valence-electron chi connectivity index (χ1n) is 8.02. The maximum absolute atomic E-state index is 12.7. The van der Waals surface area contributed by atoms with E-state index in [0.29, 0.717) is 18.6 Å². The first-order chi connectivity index (χ1) is 11.4. The lowest BCUT2D eigenvalue weighted by Crippen LogP contribution is -2.50. The Labute approximate surface area is 139 Å². The van der Waals surface area contributed by atoms with Gasteiger partial charge in [-0.3, -0.25) is 4.90 Å². The lowest BCUT2D eigenvalue weighted by Gasteiger charge is -2.43. The van der Waals surface area contributed by atoms with E-state index in [4.69, 9.17) is 4.74 Å². The Kier molecular flexibility index (Phi) is 4.81. The van der Waals surface area contributed by atoms with Crippen molar-refractivity contribution in [1.82, 2.24) is 4.90 Å². The van der Waals surface area contributed by atoms with Gasteiger partial charge in [-0.2, -0.15) is 13.2 Å². The van der Waals surface area contributed by atoms with Gasteiger partial charge in [-0.1, -0.05) is 36.4 Å². The molecule has 0 N–H and O–H groups in total. The summed E-state index contributed by atoms with van der Waals surface area (Å²) in [4.78, 5) is 2.34. The molecule has 0 radical (unpaired) electrons. The Morgan fingerprint density at radius 2 is 1.79 bits per heavy atom. The van der Waals surface area contributed by atoms with E-state index in [0.717, 1.165) is 25.2 Å². The van der Waals surface area contributed by atoms with Crippen LogP contribution in [-0.4, -0.2) is 24.6 Å². The monoisotopic (exact) mass is 335 g/mol. The van der Waals surface area contributed by atoms with Crippen molar-refractivity contribution in [3.63, 3.8) is 0 Å². The molecule has 128 valence electrons. The van der Waals surface area contributed by atoms with Gasteiger partial charge in [0.25, 0.3) is 0 Å². The van der Waals surface area contributed by atoms with Crippen LogP contribution >= 0.6 is 0 Å². The zero-order chi connectivity index (χ0) is 17.2. The third-order valence-corrected chi connectivity index (χ3v) is 4.46. The van der Waals surface area contributed by atoms with Gasteiger partial charge < -0.3 is 4.74 Å². The van der Waals surface area contributed by atoms with Crippen molar-refractivity contribution in [2.24, 2.45) is 5.92 Å². The molecule has 1 unspecified atom stereocenters. The highest BCUT2D eigenvalue weighted by atomic mass is 19.4. The molecule has 1 fully saturated rings. The second-order valence-electron chi connectivity index (χ2n) is 6.24. The summed E-state index contributed by atoms with van der Waals surface area (Å²) >= 11 is 0. The molecule has 0 amide bonds. The largest absolute Gasteiger partial charge is 0.493 e. The second kappa shape index (κ2) is 6.85. The molecule has 2 aromatic carbocycles. The smallest absolute Gasteiger partial charge is 0.416 e. The van der Waals surface area contributed by atoms with Gasteiger partial charge in [0.2, 0.25) is 0 Å². The minimum Gasteiger partial charge on any atom is -0.493 e. The first kappa shape index (κ1) is 16.8. The Hall–Kier alpha value is -2.01. The van der Waals surface area contributed by atoms with Crippen LogP contribution in [0.5, 0.6) is 5.75 Å². The zero-order valence-corrected chi connectivity index (χ0v) is 13.5. The molecule has 2 nitrogen and oxygen atoms in total. The number of hydrogen-bond donors (Lipinski definition) is 0. The van der Waals surface area contributed by atoms with Gasteiger partial charge in [0.15, 0.2) is 0 Å². The highest BCUT2D eigenvalue weighted by molar-refractivity contribution is 5.30. The number of likely N-dealkylation sites (tertiary alicyclic amines) is 1. The van der Waals surface area contributed by atoms with E-state index in [1.165, 1.54) is 11.6 Å². The minimum atomic E-state index is -4.34. The summed E-state index contributed by atoms with van der Waals surface area (Å²) in [5.41, 5.74) is 0.600. The number of rotatable bonds is 5. The SMILES string of the molecule is CC(c1ccccc1)N1CC(COc2cccc(C(F)(F)F)c2)C1. The van der Waals surface area contributed by atoms with Crippen LogP contribution in [0.1, 0.15) is 24.1 Å². The van der Waals surface area contributed by atoms with Crippen LogP contribution in [0.15, 0.2) is 54.6 Å². The Bertz CT molecular complexity index is 666. The van der Waals surface area contributed by atoms with E-state index in [1.807, 2.05) is 18.2 Å². The van der Waals surface area contributed by atoms with E-state index >= 15 is 0 Å². The van der Waals surface area contributed by atoms with Gasteiger partial charge in [0.1, 0.15) is 5.75 Å². The van der Waals surface area contributed by atoms with Crippen molar-refractivity contribution >= 4 is 0 Å². The topological polar surface area (TPSA) is 12.5 Å². The number of halogens is 3. The van der Waals surface area contributed by atoms with Gasteiger partial charge in [0, 0.05) is 25.0 Å². The molecule has 1 heterocycles. The third-order valence-electron chi connectivity index (χ3n) is 4.46. The van der Waals surface area contributed by atoms with Crippen molar-refractivity contribution in [2.75, 3.05) is 19.7 Å². The standard InChI is InChI=1S/C19H20F3NO/c1-14(16-6-3-2-4-7-16)23-11-15(12-23)13-24-18-9-5-8-17(10-18)19(20,21)22/h2-10,14-15H,11-13H2,1H3. The quantitative estimate of drug-likeness (QED) is 0.780. The molecule has 2 aromatic rings. The highest BCUT2D eigenvalue weighted by Gasteiger charge is 2.32. The van der Waals surface area contributed by atoms with Crippen molar-refractivity contribution in [3.05, 3.63) is 65.7 Å². The molecule has 0 aromatic heterocycles. The Morgan fingerprint density at radius 1 is 1.08 bits per heavy atom. The van der Waals surface area contributed by atoms with Crippen LogP contribution in [0.2, 0.25) is 0 Å². The van der Waals surface area contributed by atoms with Crippen molar-refractivity contribution in [3.8, 4) is 5.75 Å². The maximum Gasteiger partial charge on any atom is 0.416 e. The fraction of sp³-hybridized carbons (Fsp3) is 0.368. The molecular formula is C19H20F3NO. The predicted octanol–water partition coefficient (Wildman–Crippen LogP) is 4.78. The normalized spacial score (nSPS) is 17.3. The number of hydrogen-bond acceptors (Lipinski definition) is 2. The number of alkyl halides is 3. The van der Waals surface area contributed by atoms with Crippen LogP contribution in [0.3, 0.4) is 0 Å². The van der Waals surface area contributed by atoms with E-state index in [2.05, 4.69) is 24.0 Å². The molecule has 0 spiro atoms. The van der Waals surface area contributed by atoms with E-state index in [9.17, 15) is 13.2 Å². The maximum atomic E-state index is 12.7. The molecule has 1 saturated heterocycles. The number of benzene rings is 2. The molecule has 1 aliphatic heterocycles. The van der Waals surface area contributed by atoms with Crippen molar-refractivity contribution in [1.29, 1.82) is 0 Å². The molecule has 3 rings (SSSR count). The summed E-state index contributed by atoms with van der Waals surface area (Å²) in [5, 5.41) is 0. The summed E-state index contributed by atoms with van der Waals surface area (Å²) in [7, 11) is 0. The Morgan fingerprint density at radius 3 is 2.46 bits per heavy atom. The summed E-state index contributed by atoms with van der Waals surface area (Å²) in [6.45, 7) is 4.41. The van der Waals surface area contributed by atoms with Crippen molar-refractivity contribution < 1.29 is 17.9 Å². The van der Waals surface area contributed by atoms with Gasteiger partial charge >= 0.3 is 6.18 Å². The van der Waals surface area contributed by atoms with Gasteiger partial charge in [-0.25, -0.2) is 0 Å². The molecule has 1 aliphatic rings. The minimum absolute atomic E-state index is 0.277. The molecule has 1 atom stereocenters. The van der Waals surface area contributed by atoms with Crippen molar-refractivity contribution in [2.45, 2.75) is 19.1 Å². The van der Waals surface area contributed by atoms with Crippen LogP contribution in [0.4, 0.5) is 13.2 Å². The first-order valence-corrected chi connectivity index (χ1v) is 8.02. The average Bonchev–Trinajstić information content (AvgIpc) is 2.53. The molecule has 0 aliphatic carbocycles. The van der Waals surface area contributed by atoms with E-state index in [1.54, 1.807) is 6.07 Å². The lowest BCUT2D eigenvalue weighted by atomic mass is 9.96. The molecular weight excluding hydrogens is 315 g/mol. The van der Waals surface area contributed by atoms with Gasteiger partial charge in [-0.15, -0.1) is 0 Å². The summed E-state index contributed by atoms with van der Waals surface area (Å²) < 4.78 is 43.6. The molecule has 24 heavy (non-hydrogen) atoms. The second-order valence-corrected chi connectivity index (χ2v) is 6.24. The van der Waals surface area contributed by atoms with E-state index < -0.39 is 11.7 Å². The third kappa shape index (κ3) is 3.90. The molecule has 0 bridgehead atoms.